The summed E-state index contributed by atoms with van der Waals surface area (Å²) in [6.07, 6.45) is 6.30. The second kappa shape index (κ2) is 9.78. The van der Waals surface area contributed by atoms with Gasteiger partial charge in [0.25, 0.3) is 5.91 Å². The third-order valence-electron chi connectivity index (χ3n) is 4.98. The summed E-state index contributed by atoms with van der Waals surface area (Å²) in [4.78, 5) is 24.0. The molecule has 2 aliphatic carbocycles. The fourth-order valence-electron chi connectivity index (χ4n) is 3.33. The second-order valence-electron chi connectivity index (χ2n) is 7.03. The van der Waals surface area contributed by atoms with Gasteiger partial charge in [0.05, 0.1) is 0 Å². The van der Waals surface area contributed by atoms with E-state index in [1.165, 1.54) is 6.42 Å². The summed E-state index contributed by atoms with van der Waals surface area (Å²) in [5.74, 6) is 1.01. The molecule has 0 heterocycles. The van der Waals surface area contributed by atoms with Crippen LogP contribution < -0.4 is 21.1 Å². The minimum atomic E-state index is -0.127. The minimum Gasteiger partial charge on any atom is -0.484 e. The van der Waals surface area contributed by atoms with Crippen LogP contribution in [0.15, 0.2) is 24.3 Å². The Bertz CT molecular complexity index is 622. The number of carbonyl (C=O) groups excluding carboxylic acids is 2. The molecule has 26 heavy (non-hydrogen) atoms. The summed E-state index contributed by atoms with van der Waals surface area (Å²) in [5.41, 5.74) is 6.50. The first-order chi connectivity index (χ1) is 12.2. The van der Waals surface area contributed by atoms with Gasteiger partial charge in [-0.15, -0.1) is 12.4 Å². The number of rotatable bonds is 7. The number of carbonyl (C=O) groups is 2. The van der Waals surface area contributed by atoms with E-state index in [9.17, 15) is 9.59 Å². The predicted octanol–water partition coefficient (Wildman–Crippen LogP) is 2.47. The Hall–Kier alpha value is -1.79. The highest BCUT2D eigenvalue weighted by Crippen LogP contribution is 2.30. The average Bonchev–Trinajstić information content (AvgIpc) is 3.46. The molecule has 2 atom stereocenters. The Balaban J connectivity index is 0.00000243. The molecule has 0 aromatic heterocycles. The zero-order chi connectivity index (χ0) is 17.6. The lowest BCUT2D eigenvalue weighted by molar-refractivity contribution is -0.124. The van der Waals surface area contributed by atoms with Crippen molar-refractivity contribution in [3.05, 3.63) is 24.3 Å². The summed E-state index contributed by atoms with van der Waals surface area (Å²) in [6.45, 7) is 0.572. The van der Waals surface area contributed by atoms with E-state index in [-0.39, 0.29) is 42.8 Å². The van der Waals surface area contributed by atoms with Crippen molar-refractivity contribution in [1.82, 2.24) is 5.32 Å². The molecule has 2 aliphatic rings. The zero-order valence-electron chi connectivity index (χ0n) is 14.9. The van der Waals surface area contributed by atoms with Crippen molar-refractivity contribution in [2.75, 3.05) is 18.5 Å². The van der Waals surface area contributed by atoms with Gasteiger partial charge in [-0.25, -0.2) is 0 Å². The van der Waals surface area contributed by atoms with E-state index in [2.05, 4.69) is 10.6 Å². The molecule has 4 N–H and O–H groups in total. The van der Waals surface area contributed by atoms with Crippen molar-refractivity contribution in [2.24, 2.45) is 17.6 Å². The number of halogens is 1. The van der Waals surface area contributed by atoms with Gasteiger partial charge in [0.2, 0.25) is 5.91 Å². The molecular formula is C19H28ClN3O3. The van der Waals surface area contributed by atoms with Crippen molar-refractivity contribution in [3.8, 4) is 5.75 Å². The van der Waals surface area contributed by atoms with E-state index in [0.717, 1.165) is 32.1 Å². The number of anilines is 1. The molecule has 0 spiro atoms. The van der Waals surface area contributed by atoms with Crippen LogP contribution in [0.4, 0.5) is 5.69 Å². The Morgan fingerprint density at radius 3 is 2.65 bits per heavy atom. The number of benzene rings is 1. The smallest absolute Gasteiger partial charge is 0.258 e. The van der Waals surface area contributed by atoms with Crippen LogP contribution in [0.1, 0.15) is 38.5 Å². The largest absolute Gasteiger partial charge is 0.484 e. The third kappa shape index (κ3) is 5.88. The van der Waals surface area contributed by atoms with Crippen LogP contribution in [0.3, 0.4) is 0 Å². The highest BCUT2D eigenvalue weighted by atomic mass is 35.5. The van der Waals surface area contributed by atoms with E-state index < -0.39 is 0 Å². The molecular weight excluding hydrogens is 354 g/mol. The normalized spacial score (nSPS) is 22.0. The average molecular weight is 382 g/mol. The number of nitrogens with two attached hydrogens (primary N) is 1. The molecule has 2 fully saturated rings. The summed E-state index contributed by atoms with van der Waals surface area (Å²) in [5, 5.41) is 5.92. The summed E-state index contributed by atoms with van der Waals surface area (Å²) >= 11 is 0. The number of hydrogen-bond donors (Lipinski definition) is 3. The molecule has 1 aromatic rings. The number of amides is 2. The monoisotopic (exact) mass is 381 g/mol. The van der Waals surface area contributed by atoms with Gasteiger partial charge in [-0.2, -0.15) is 0 Å². The van der Waals surface area contributed by atoms with Crippen molar-refractivity contribution in [3.63, 3.8) is 0 Å². The van der Waals surface area contributed by atoms with Crippen LogP contribution in [0.5, 0.6) is 5.75 Å². The molecule has 2 saturated carbocycles. The van der Waals surface area contributed by atoms with Gasteiger partial charge in [-0.1, -0.05) is 18.9 Å². The first-order valence-corrected chi connectivity index (χ1v) is 9.19. The van der Waals surface area contributed by atoms with Gasteiger partial charge in [0.15, 0.2) is 6.61 Å². The quantitative estimate of drug-likeness (QED) is 0.676. The van der Waals surface area contributed by atoms with Crippen molar-refractivity contribution >= 4 is 29.9 Å². The predicted molar refractivity (Wildman–Crippen MR) is 103 cm³/mol. The van der Waals surface area contributed by atoms with Crippen LogP contribution in [0.25, 0.3) is 0 Å². The molecule has 1 aromatic carbocycles. The highest BCUT2D eigenvalue weighted by molar-refractivity contribution is 5.94. The summed E-state index contributed by atoms with van der Waals surface area (Å²) in [6, 6.07) is 7.31. The minimum absolute atomic E-state index is 0. The molecule has 0 saturated heterocycles. The van der Waals surface area contributed by atoms with E-state index in [4.69, 9.17) is 10.5 Å². The van der Waals surface area contributed by atoms with Crippen LogP contribution in [-0.2, 0) is 9.59 Å². The van der Waals surface area contributed by atoms with Crippen LogP contribution in [0.2, 0.25) is 0 Å². The van der Waals surface area contributed by atoms with Crippen LogP contribution in [0, 0.1) is 11.8 Å². The van der Waals surface area contributed by atoms with Gasteiger partial charge in [-0.05, 0) is 50.3 Å². The molecule has 144 valence electrons. The van der Waals surface area contributed by atoms with Crippen LogP contribution >= 0.6 is 12.4 Å². The van der Waals surface area contributed by atoms with Gasteiger partial charge in [-0.3, -0.25) is 9.59 Å². The lowest BCUT2D eigenvalue weighted by Gasteiger charge is -2.31. The maximum Gasteiger partial charge on any atom is 0.258 e. The summed E-state index contributed by atoms with van der Waals surface area (Å²) in [7, 11) is 0. The molecule has 0 radical (unpaired) electrons. The van der Waals surface area contributed by atoms with E-state index in [0.29, 0.717) is 23.9 Å². The molecule has 6 nitrogen and oxygen atoms in total. The van der Waals surface area contributed by atoms with E-state index >= 15 is 0 Å². The maximum atomic E-state index is 12.2. The standard InChI is InChI=1S/C19H27N3O3.ClH/c20-11-14-4-1-2-7-17(14)22-18(23)12-25-16-6-3-5-15(10-16)21-19(24)13-8-9-13;/h3,5-6,10,13-14,17H,1-2,4,7-9,11-12,20H2,(H,21,24)(H,22,23);1H. The Kier molecular flexibility index (Phi) is 7.72. The SMILES string of the molecule is Cl.NCC1CCCCC1NC(=O)COc1cccc(NC(=O)C2CC2)c1. The molecule has 7 heteroatoms. The molecule has 2 amide bonds. The first kappa shape index (κ1) is 20.5. The Morgan fingerprint density at radius 1 is 1.15 bits per heavy atom. The fraction of sp³-hybridized carbons (Fsp3) is 0.579. The van der Waals surface area contributed by atoms with Crippen molar-refractivity contribution in [1.29, 1.82) is 0 Å². The van der Waals surface area contributed by atoms with E-state index in [1.807, 2.05) is 6.07 Å². The van der Waals surface area contributed by atoms with Gasteiger partial charge in [0.1, 0.15) is 5.75 Å². The topological polar surface area (TPSA) is 93.4 Å². The third-order valence-corrected chi connectivity index (χ3v) is 4.98. The first-order valence-electron chi connectivity index (χ1n) is 9.19. The Labute approximate surface area is 160 Å². The molecule has 2 unspecified atom stereocenters. The highest BCUT2D eigenvalue weighted by Gasteiger charge is 2.29. The molecule has 0 bridgehead atoms. The Morgan fingerprint density at radius 2 is 1.92 bits per heavy atom. The zero-order valence-corrected chi connectivity index (χ0v) is 15.7. The number of hydrogen-bond acceptors (Lipinski definition) is 4. The van der Waals surface area contributed by atoms with Gasteiger partial charge < -0.3 is 21.1 Å². The molecule has 0 aliphatic heterocycles. The maximum absolute atomic E-state index is 12.2. The number of ether oxygens (including phenoxy) is 1. The fourth-order valence-corrected chi connectivity index (χ4v) is 3.33. The van der Waals surface area contributed by atoms with E-state index in [1.54, 1.807) is 18.2 Å². The van der Waals surface area contributed by atoms with Gasteiger partial charge in [0, 0.05) is 23.7 Å². The lowest BCUT2D eigenvalue weighted by atomic mass is 9.84. The van der Waals surface area contributed by atoms with Crippen molar-refractivity contribution in [2.45, 2.75) is 44.6 Å². The van der Waals surface area contributed by atoms with Gasteiger partial charge >= 0.3 is 0 Å². The van der Waals surface area contributed by atoms with Crippen molar-refractivity contribution < 1.29 is 14.3 Å². The second-order valence-corrected chi connectivity index (χ2v) is 7.03. The molecule has 3 rings (SSSR count). The summed E-state index contributed by atoms with van der Waals surface area (Å²) < 4.78 is 5.58. The lowest BCUT2D eigenvalue weighted by Crippen LogP contribution is -2.46. The number of nitrogens with one attached hydrogen (secondary N) is 2. The van der Waals surface area contributed by atoms with Crippen LogP contribution in [-0.4, -0.2) is 31.0 Å².